The number of fused-ring (bicyclic) bond motifs is 1. The Morgan fingerprint density at radius 1 is 1.00 bits per heavy atom. The predicted molar refractivity (Wildman–Crippen MR) is 152 cm³/mol. The van der Waals surface area contributed by atoms with Crippen LogP contribution in [0.3, 0.4) is 0 Å². The fourth-order valence-corrected chi connectivity index (χ4v) is 5.75. The molecule has 1 unspecified atom stereocenters. The summed E-state index contributed by atoms with van der Waals surface area (Å²) in [4.78, 5) is 26.4. The minimum absolute atomic E-state index is 0.193. The maximum Gasteiger partial charge on any atom is 0.255 e. The van der Waals surface area contributed by atoms with E-state index in [1.807, 2.05) is 0 Å². The lowest BCUT2D eigenvalue weighted by molar-refractivity contribution is 0.0911. The van der Waals surface area contributed by atoms with Gasteiger partial charge in [0.15, 0.2) is 5.78 Å². The van der Waals surface area contributed by atoms with Gasteiger partial charge in [-0.3, -0.25) is 13.9 Å². The van der Waals surface area contributed by atoms with Gasteiger partial charge in [0.2, 0.25) is 10.0 Å². The highest BCUT2D eigenvalue weighted by Gasteiger charge is 2.32. The quantitative estimate of drug-likeness (QED) is 0.291. The lowest BCUT2D eigenvalue weighted by Gasteiger charge is -2.33. The number of nitrogens with zero attached hydrogens (tertiary/aromatic N) is 1. The zero-order chi connectivity index (χ0) is 29.5. The molecule has 4 aromatic rings. The van der Waals surface area contributed by atoms with Crippen LogP contribution in [0.25, 0.3) is 22.3 Å². The minimum atomic E-state index is -3.70. The van der Waals surface area contributed by atoms with Crippen molar-refractivity contribution in [1.29, 1.82) is 0 Å². The Labute approximate surface area is 236 Å². The molecule has 0 bridgehead atoms. The van der Waals surface area contributed by atoms with Crippen LogP contribution in [-0.4, -0.2) is 46.5 Å². The third-order valence-corrected chi connectivity index (χ3v) is 8.63. The normalized spacial score (nSPS) is 17.4. The summed E-state index contributed by atoms with van der Waals surface area (Å²) in [6.07, 6.45) is 2.90. The van der Waals surface area contributed by atoms with Gasteiger partial charge in [0.25, 0.3) is 5.91 Å². The fourth-order valence-electron chi connectivity index (χ4n) is 5.24. The van der Waals surface area contributed by atoms with Crippen LogP contribution < -0.4 is 14.9 Å². The minimum Gasteiger partial charge on any atom is -0.455 e. The molecule has 0 saturated carbocycles. The third-order valence-electron chi connectivity index (χ3n) is 7.44. The number of nitrogens with one attached hydrogen (secondary N) is 2. The van der Waals surface area contributed by atoms with E-state index in [1.54, 1.807) is 12.1 Å². The van der Waals surface area contributed by atoms with E-state index >= 15 is 0 Å². The molecule has 2 atom stereocenters. The number of carbonyl (C=O) groups excluding carboxylic acids is 2. The van der Waals surface area contributed by atoms with Gasteiger partial charge in [-0.25, -0.2) is 17.2 Å². The Bertz CT molecular complexity index is 1730. The number of benzene rings is 3. The van der Waals surface area contributed by atoms with Crippen molar-refractivity contribution >= 4 is 38.4 Å². The van der Waals surface area contributed by atoms with E-state index in [0.29, 0.717) is 47.0 Å². The van der Waals surface area contributed by atoms with Gasteiger partial charge in [-0.1, -0.05) is 0 Å². The Hall–Kier alpha value is -4.09. The van der Waals surface area contributed by atoms with Gasteiger partial charge in [0.05, 0.1) is 23.5 Å². The number of rotatable bonds is 7. The van der Waals surface area contributed by atoms with Gasteiger partial charge < -0.3 is 15.1 Å². The molecule has 5 rings (SSSR count). The van der Waals surface area contributed by atoms with Crippen LogP contribution >= 0.6 is 0 Å². The van der Waals surface area contributed by atoms with Crippen LogP contribution in [0.5, 0.6) is 0 Å². The molecule has 1 aliphatic rings. The van der Waals surface area contributed by atoms with Crippen LogP contribution in [0.2, 0.25) is 0 Å². The molecule has 41 heavy (non-hydrogen) atoms. The molecule has 3 aromatic carbocycles. The monoisotopic (exact) mass is 581 g/mol. The molecule has 2 heterocycles. The molecular formula is C30H29F2N3O5S. The number of hydrogen-bond donors (Lipinski definition) is 2. The van der Waals surface area contributed by atoms with E-state index in [1.165, 1.54) is 62.6 Å². The summed E-state index contributed by atoms with van der Waals surface area (Å²) >= 11 is 0. The van der Waals surface area contributed by atoms with Gasteiger partial charge in [-0.15, -0.1) is 0 Å². The molecular weight excluding hydrogens is 552 g/mol. The van der Waals surface area contributed by atoms with Crippen molar-refractivity contribution in [2.75, 3.05) is 24.7 Å². The van der Waals surface area contributed by atoms with E-state index in [-0.39, 0.29) is 22.7 Å². The fraction of sp³-hybridized carbons (Fsp3) is 0.267. The first-order valence-corrected chi connectivity index (χ1v) is 14.9. The topological polar surface area (TPSA) is 109 Å². The van der Waals surface area contributed by atoms with E-state index in [9.17, 15) is 26.8 Å². The first-order chi connectivity index (χ1) is 19.5. The largest absolute Gasteiger partial charge is 0.455 e. The molecule has 1 amide bonds. The molecule has 11 heteroatoms. The van der Waals surface area contributed by atoms with Crippen LogP contribution in [-0.2, 0) is 10.0 Å². The van der Waals surface area contributed by atoms with Gasteiger partial charge in [0.1, 0.15) is 23.0 Å². The van der Waals surface area contributed by atoms with Crippen molar-refractivity contribution in [2.45, 2.75) is 31.3 Å². The van der Waals surface area contributed by atoms with Gasteiger partial charge in [-0.2, -0.15) is 0 Å². The highest BCUT2D eigenvalue weighted by Crippen LogP contribution is 2.41. The molecule has 0 spiro atoms. The van der Waals surface area contributed by atoms with E-state index < -0.39 is 39.6 Å². The van der Waals surface area contributed by atoms with E-state index in [0.717, 1.165) is 10.6 Å². The first-order valence-electron chi connectivity index (χ1n) is 13.1. The molecule has 0 aliphatic carbocycles. The lowest BCUT2D eigenvalue weighted by atomic mass is 9.88. The van der Waals surface area contributed by atoms with Crippen molar-refractivity contribution in [3.63, 3.8) is 0 Å². The number of Topliss-reactive ketones (excluding diaryl/α,β-unsaturated/α-hetero) is 1. The summed E-state index contributed by atoms with van der Waals surface area (Å²) < 4.78 is 59.6. The summed E-state index contributed by atoms with van der Waals surface area (Å²) in [7, 11) is -0.796. The first kappa shape index (κ1) is 28.4. The summed E-state index contributed by atoms with van der Waals surface area (Å²) in [5, 5.41) is 6.43. The summed E-state index contributed by atoms with van der Waals surface area (Å²) in [6, 6.07) is 13.1. The Morgan fingerprint density at radius 2 is 1.63 bits per heavy atom. The standard InChI is InChI=1S/C30H29F2N3O5S/c1-33-30(37)27-22-15-21(23-5-4-6-24(34-23)28(36)17-7-11-19(31)12-8-17)25(35(2)41(3,38)39)16-26(22)40-29(27)18-9-13-20(32)14-10-18/h7-16,23-24,34H,4-6H2,1-3H3,(H,33,37)/t23-,24?/m0/s1. The van der Waals surface area contributed by atoms with Crippen molar-refractivity contribution in [1.82, 2.24) is 10.6 Å². The molecule has 1 saturated heterocycles. The van der Waals surface area contributed by atoms with Crippen LogP contribution in [0.1, 0.15) is 51.6 Å². The second-order valence-electron chi connectivity index (χ2n) is 10.1. The number of carbonyl (C=O) groups is 2. The molecule has 214 valence electrons. The average molecular weight is 582 g/mol. The van der Waals surface area contributed by atoms with Crippen LogP contribution in [0.4, 0.5) is 14.5 Å². The number of amides is 1. The number of furan rings is 1. The number of sulfonamides is 1. The highest BCUT2D eigenvalue weighted by atomic mass is 32.2. The zero-order valence-electron chi connectivity index (χ0n) is 22.7. The highest BCUT2D eigenvalue weighted by molar-refractivity contribution is 7.92. The smallest absolute Gasteiger partial charge is 0.255 e. The van der Waals surface area contributed by atoms with Crippen molar-refractivity contribution in [3.05, 3.63) is 89.0 Å². The number of piperidine rings is 1. The Balaban J connectivity index is 1.65. The number of anilines is 1. The SMILES string of the molecule is CNC(=O)c1c(-c2ccc(F)cc2)oc2cc(N(C)S(C)(=O)=O)c([C@@H]3CCCC(C(=O)c4ccc(F)cc4)N3)cc12. The Kier molecular flexibility index (Phi) is 7.67. The maximum absolute atomic E-state index is 13.6. The summed E-state index contributed by atoms with van der Waals surface area (Å²) in [5.41, 5.74) is 2.23. The Morgan fingerprint density at radius 3 is 2.24 bits per heavy atom. The van der Waals surface area contributed by atoms with E-state index in [4.69, 9.17) is 4.42 Å². The maximum atomic E-state index is 13.6. The van der Waals surface area contributed by atoms with Crippen molar-refractivity contribution in [3.8, 4) is 11.3 Å². The van der Waals surface area contributed by atoms with Crippen molar-refractivity contribution < 1.29 is 31.2 Å². The molecule has 1 aliphatic heterocycles. The van der Waals surface area contributed by atoms with Crippen molar-refractivity contribution in [2.24, 2.45) is 0 Å². The molecule has 2 N–H and O–H groups in total. The van der Waals surface area contributed by atoms with Gasteiger partial charge in [0, 0.05) is 42.7 Å². The number of hydrogen-bond acceptors (Lipinski definition) is 6. The second-order valence-corrected chi connectivity index (χ2v) is 12.1. The average Bonchev–Trinajstić information content (AvgIpc) is 3.34. The third kappa shape index (κ3) is 5.59. The van der Waals surface area contributed by atoms with Crippen LogP contribution in [0.15, 0.2) is 65.1 Å². The van der Waals surface area contributed by atoms with Gasteiger partial charge >= 0.3 is 0 Å². The van der Waals surface area contributed by atoms with Crippen LogP contribution in [0, 0.1) is 11.6 Å². The van der Waals surface area contributed by atoms with Gasteiger partial charge in [-0.05, 0) is 79.4 Å². The number of ketones is 1. The number of halogens is 2. The summed E-state index contributed by atoms with van der Waals surface area (Å²) in [6.45, 7) is 0. The summed E-state index contributed by atoms with van der Waals surface area (Å²) in [5.74, 6) is -1.30. The lowest BCUT2D eigenvalue weighted by Crippen LogP contribution is -2.43. The molecule has 0 radical (unpaired) electrons. The zero-order valence-corrected chi connectivity index (χ0v) is 23.5. The molecule has 8 nitrogen and oxygen atoms in total. The molecule has 1 fully saturated rings. The molecule has 1 aromatic heterocycles. The second kappa shape index (κ2) is 11.1. The predicted octanol–water partition coefficient (Wildman–Crippen LogP) is 5.20. The van der Waals surface area contributed by atoms with E-state index in [2.05, 4.69) is 10.6 Å².